The molecule has 0 spiro atoms. The predicted octanol–water partition coefficient (Wildman–Crippen LogP) is 2.87. The van der Waals surface area contributed by atoms with Crippen LogP contribution in [0, 0.1) is 6.92 Å². The molecule has 3 rings (SSSR count). The summed E-state index contributed by atoms with van der Waals surface area (Å²) in [5.41, 5.74) is 4.35. The fourth-order valence-electron chi connectivity index (χ4n) is 2.46. The Morgan fingerprint density at radius 1 is 0.724 bits per heavy atom. The first kappa shape index (κ1) is 20.2. The maximum Gasteiger partial charge on any atom is 0.266 e. The highest BCUT2D eigenvalue weighted by Crippen LogP contribution is 2.12. The molecular weight excluding hydrogens is 390 g/mol. The minimum absolute atomic E-state index is 0.0439. The second kappa shape index (κ2) is 8.68. The number of hydrogen-bond acceptors (Lipinski definition) is 4. The number of carbonyl (C=O) groups excluding carboxylic acids is 2. The molecule has 3 aromatic rings. The third kappa shape index (κ3) is 5.28. The number of sulfonamides is 1. The van der Waals surface area contributed by atoms with Crippen LogP contribution < -0.4 is 15.6 Å². The van der Waals surface area contributed by atoms with Crippen molar-refractivity contribution >= 4 is 27.5 Å². The van der Waals surface area contributed by atoms with E-state index in [2.05, 4.69) is 15.6 Å². The number of anilines is 1. The molecule has 0 radical (unpaired) electrons. The summed E-state index contributed by atoms with van der Waals surface area (Å²) in [5, 5.41) is 2.72. The van der Waals surface area contributed by atoms with E-state index in [9.17, 15) is 18.0 Å². The molecule has 0 aromatic heterocycles. The highest BCUT2D eigenvalue weighted by atomic mass is 32.2. The van der Waals surface area contributed by atoms with Gasteiger partial charge in [-0.15, -0.1) is 4.83 Å². The molecule has 0 saturated heterocycles. The van der Waals surface area contributed by atoms with E-state index in [1.165, 1.54) is 24.3 Å². The lowest BCUT2D eigenvalue weighted by molar-refractivity contribution is 0.0944. The van der Waals surface area contributed by atoms with Crippen LogP contribution >= 0.6 is 0 Å². The van der Waals surface area contributed by atoms with Gasteiger partial charge in [0.2, 0.25) is 0 Å². The van der Waals surface area contributed by atoms with E-state index in [4.69, 9.17) is 0 Å². The van der Waals surface area contributed by atoms with Crippen LogP contribution in [0.5, 0.6) is 0 Å². The molecule has 0 atom stereocenters. The van der Waals surface area contributed by atoms with Crippen LogP contribution in [-0.2, 0) is 10.0 Å². The average Bonchev–Trinajstić information content (AvgIpc) is 2.73. The van der Waals surface area contributed by atoms with Crippen molar-refractivity contribution in [2.45, 2.75) is 11.8 Å². The van der Waals surface area contributed by atoms with Gasteiger partial charge in [-0.1, -0.05) is 35.9 Å². The first-order valence-corrected chi connectivity index (χ1v) is 10.2. The Balaban J connectivity index is 1.60. The van der Waals surface area contributed by atoms with E-state index < -0.39 is 15.9 Å². The lowest BCUT2D eigenvalue weighted by atomic mass is 10.2. The second-order valence-corrected chi connectivity index (χ2v) is 7.95. The fourth-order valence-corrected chi connectivity index (χ4v) is 3.30. The maximum absolute atomic E-state index is 12.2. The molecule has 29 heavy (non-hydrogen) atoms. The van der Waals surface area contributed by atoms with Crippen LogP contribution in [0.2, 0.25) is 0 Å². The number of nitrogens with one attached hydrogen (secondary N) is 3. The van der Waals surface area contributed by atoms with E-state index in [1.54, 1.807) is 48.5 Å². The molecule has 0 aliphatic heterocycles. The normalized spacial score (nSPS) is 10.9. The minimum atomic E-state index is -3.87. The Bertz CT molecular complexity index is 1110. The molecule has 3 aromatic carbocycles. The number of aryl methyl sites for hydroxylation is 1. The largest absolute Gasteiger partial charge is 0.322 e. The zero-order chi connectivity index (χ0) is 20.9. The molecule has 0 aliphatic carbocycles. The average molecular weight is 409 g/mol. The van der Waals surface area contributed by atoms with E-state index >= 15 is 0 Å². The van der Waals surface area contributed by atoms with Crippen molar-refractivity contribution in [1.82, 2.24) is 10.3 Å². The third-order valence-corrected chi connectivity index (χ3v) is 5.33. The summed E-state index contributed by atoms with van der Waals surface area (Å²) >= 11 is 0. The molecule has 2 amide bonds. The van der Waals surface area contributed by atoms with Gasteiger partial charge in [-0.2, -0.15) is 0 Å². The SMILES string of the molecule is Cc1ccc(S(=O)(=O)NNC(=O)c2ccc(NC(=O)c3ccccc3)cc2)cc1. The van der Waals surface area contributed by atoms with Crippen LogP contribution in [-0.4, -0.2) is 20.2 Å². The fraction of sp³-hybridized carbons (Fsp3) is 0.0476. The highest BCUT2D eigenvalue weighted by molar-refractivity contribution is 7.89. The number of rotatable bonds is 6. The van der Waals surface area contributed by atoms with Crippen molar-refractivity contribution in [3.8, 4) is 0 Å². The lowest BCUT2D eigenvalue weighted by Crippen LogP contribution is -2.41. The van der Waals surface area contributed by atoms with Crippen molar-refractivity contribution < 1.29 is 18.0 Å². The van der Waals surface area contributed by atoms with Crippen molar-refractivity contribution in [2.75, 3.05) is 5.32 Å². The van der Waals surface area contributed by atoms with Gasteiger partial charge < -0.3 is 5.32 Å². The zero-order valence-electron chi connectivity index (χ0n) is 15.5. The van der Waals surface area contributed by atoms with Crippen LogP contribution in [0.3, 0.4) is 0 Å². The predicted molar refractivity (Wildman–Crippen MR) is 110 cm³/mol. The quantitative estimate of drug-likeness (QED) is 0.545. The van der Waals surface area contributed by atoms with Gasteiger partial charge in [0.25, 0.3) is 21.8 Å². The monoisotopic (exact) mass is 409 g/mol. The van der Waals surface area contributed by atoms with E-state index in [1.807, 2.05) is 13.0 Å². The summed E-state index contributed by atoms with van der Waals surface area (Å²) in [4.78, 5) is 26.4. The maximum atomic E-state index is 12.2. The van der Waals surface area contributed by atoms with Crippen molar-refractivity contribution in [1.29, 1.82) is 0 Å². The number of carbonyl (C=O) groups is 2. The van der Waals surface area contributed by atoms with Gasteiger partial charge in [-0.3, -0.25) is 15.0 Å². The summed E-state index contributed by atoms with van der Waals surface area (Å²) in [6, 6.07) is 21.0. The zero-order valence-corrected chi connectivity index (χ0v) is 16.4. The van der Waals surface area contributed by atoms with Gasteiger partial charge in [0.15, 0.2) is 0 Å². The molecule has 3 N–H and O–H groups in total. The summed E-state index contributed by atoms with van der Waals surface area (Å²) in [7, 11) is -3.87. The molecule has 0 aliphatic rings. The van der Waals surface area contributed by atoms with Crippen molar-refractivity contribution in [3.05, 3.63) is 95.6 Å². The van der Waals surface area contributed by atoms with Gasteiger partial charge in [0, 0.05) is 16.8 Å². The number of benzene rings is 3. The lowest BCUT2D eigenvalue weighted by Gasteiger charge is -2.10. The molecule has 0 bridgehead atoms. The van der Waals surface area contributed by atoms with Gasteiger partial charge in [-0.25, -0.2) is 8.42 Å². The van der Waals surface area contributed by atoms with Crippen LogP contribution in [0.25, 0.3) is 0 Å². The summed E-state index contributed by atoms with van der Waals surface area (Å²) in [5.74, 6) is -0.893. The first-order chi connectivity index (χ1) is 13.8. The Morgan fingerprint density at radius 2 is 1.31 bits per heavy atom. The summed E-state index contributed by atoms with van der Waals surface area (Å²) < 4.78 is 24.4. The first-order valence-electron chi connectivity index (χ1n) is 8.70. The molecular formula is C21H19N3O4S. The van der Waals surface area contributed by atoms with Crippen LogP contribution in [0.4, 0.5) is 5.69 Å². The summed E-state index contributed by atoms with van der Waals surface area (Å²) in [6.07, 6.45) is 0. The Labute approximate surface area is 168 Å². The smallest absolute Gasteiger partial charge is 0.266 e. The van der Waals surface area contributed by atoms with E-state index in [0.29, 0.717) is 11.3 Å². The Kier molecular flexibility index (Phi) is 6.06. The molecule has 7 nitrogen and oxygen atoms in total. The molecule has 8 heteroatoms. The van der Waals surface area contributed by atoms with Gasteiger partial charge in [-0.05, 0) is 55.5 Å². The Hall–Kier alpha value is -3.49. The van der Waals surface area contributed by atoms with Crippen molar-refractivity contribution in [2.24, 2.45) is 0 Å². The van der Waals surface area contributed by atoms with Gasteiger partial charge in [0.1, 0.15) is 0 Å². The van der Waals surface area contributed by atoms with Crippen LogP contribution in [0.1, 0.15) is 26.3 Å². The van der Waals surface area contributed by atoms with E-state index in [-0.39, 0.29) is 16.4 Å². The van der Waals surface area contributed by atoms with Gasteiger partial charge in [0.05, 0.1) is 4.90 Å². The Morgan fingerprint density at radius 3 is 1.93 bits per heavy atom. The number of hydrogen-bond donors (Lipinski definition) is 3. The van der Waals surface area contributed by atoms with Crippen molar-refractivity contribution in [3.63, 3.8) is 0 Å². The molecule has 0 heterocycles. The standard InChI is InChI=1S/C21H19N3O4S/c1-15-7-13-19(14-8-15)29(27,28)24-23-21(26)17-9-11-18(12-10-17)22-20(25)16-5-3-2-4-6-16/h2-14,24H,1H3,(H,22,25)(H,23,26). The third-order valence-electron chi connectivity index (χ3n) is 4.07. The topological polar surface area (TPSA) is 104 Å². The molecule has 0 unspecified atom stereocenters. The highest BCUT2D eigenvalue weighted by Gasteiger charge is 2.15. The molecule has 0 fully saturated rings. The number of hydrazine groups is 1. The second-order valence-electron chi connectivity index (χ2n) is 6.27. The molecule has 0 saturated carbocycles. The minimum Gasteiger partial charge on any atom is -0.322 e. The molecule has 148 valence electrons. The summed E-state index contributed by atoms with van der Waals surface area (Å²) in [6.45, 7) is 1.84. The van der Waals surface area contributed by atoms with Gasteiger partial charge >= 0.3 is 0 Å². The van der Waals surface area contributed by atoms with Crippen LogP contribution in [0.15, 0.2) is 83.8 Å². The van der Waals surface area contributed by atoms with E-state index in [0.717, 1.165) is 5.56 Å². The number of amides is 2.